The smallest absolute Gasteiger partial charge is 0.0940 e. The van der Waals surface area contributed by atoms with Crippen molar-refractivity contribution in [3.63, 3.8) is 0 Å². The molecule has 0 aliphatic heterocycles. The molecule has 1 N–H and O–H groups in total. The summed E-state index contributed by atoms with van der Waals surface area (Å²) in [6.07, 6.45) is 4.90. The Bertz CT molecular complexity index is 735. The molecule has 0 radical (unpaired) electrons. The first-order valence-corrected chi connectivity index (χ1v) is 9.16. The van der Waals surface area contributed by atoms with Crippen molar-refractivity contribution in [2.24, 2.45) is 5.92 Å². The van der Waals surface area contributed by atoms with E-state index in [4.69, 9.17) is 0 Å². The highest BCUT2D eigenvalue weighted by Crippen LogP contribution is 2.43. The van der Waals surface area contributed by atoms with Crippen LogP contribution in [0.5, 0.6) is 0 Å². The summed E-state index contributed by atoms with van der Waals surface area (Å²) in [6.45, 7) is 3.02. The van der Waals surface area contributed by atoms with Crippen molar-refractivity contribution in [2.45, 2.75) is 31.8 Å². The number of benzene rings is 2. The predicted octanol–water partition coefficient (Wildman–Crippen LogP) is 4.32. The second-order valence-electron chi connectivity index (χ2n) is 7.67. The van der Waals surface area contributed by atoms with Gasteiger partial charge in [-0.15, -0.1) is 0 Å². The SMILES string of the molecule is Cc1cccc(CC2(O)C(=Cc3ccccc3)CCC2CN(C)C)c1. The molecule has 0 amide bonds. The molecule has 1 saturated carbocycles. The summed E-state index contributed by atoms with van der Waals surface area (Å²) in [6, 6.07) is 18.9. The molecule has 0 heterocycles. The Hall–Kier alpha value is -1.90. The predicted molar refractivity (Wildman–Crippen MR) is 106 cm³/mol. The number of hydrogen-bond acceptors (Lipinski definition) is 2. The van der Waals surface area contributed by atoms with E-state index < -0.39 is 5.60 Å². The minimum atomic E-state index is -0.770. The van der Waals surface area contributed by atoms with Crippen LogP contribution >= 0.6 is 0 Å². The maximum Gasteiger partial charge on any atom is 0.0940 e. The molecule has 132 valence electrons. The van der Waals surface area contributed by atoms with Crippen LogP contribution in [0.4, 0.5) is 0 Å². The van der Waals surface area contributed by atoms with Gasteiger partial charge in [0, 0.05) is 18.9 Å². The van der Waals surface area contributed by atoms with Crippen LogP contribution in [0.2, 0.25) is 0 Å². The summed E-state index contributed by atoms with van der Waals surface area (Å²) in [7, 11) is 4.18. The number of nitrogens with zero attached hydrogens (tertiary/aromatic N) is 1. The standard InChI is InChI=1S/C23H29NO/c1-18-8-7-11-20(14-18)16-23(25)21(12-13-22(23)17-24(2)3)15-19-9-5-4-6-10-19/h4-11,14-15,22,25H,12-13,16-17H2,1-3H3. The number of rotatable bonds is 5. The first-order chi connectivity index (χ1) is 12.0. The lowest BCUT2D eigenvalue weighted by Crippen LogP contribution is -2.42. The second kappa shape index (κ2) is 7.55. The van der Waals surface area contributed by atoms with Crippen molar-refractivity contribution in [3.05, 3.63) is 76.9 Å². The highest BCUT2D eigenvalue weighted by molar-refractivity contribution is 5.56. The van der Waals surface area contributed by atoms with Crippen molar-refractivity contribution < 1.29 is 5.11 Å². The van der Waals surface area contributed by atoms with Gasteiger partial charge in [0.05, 0.1) is 5.60 Å². The molecular formula is C23H29NO. The largest absolute Gasteiger partial charge is 0.385 e. The van der Waals surface area contributed by atoms with E-state index in [1.165, 1.54) is 22.3 Å². The molecule has 2 aromatic rings. The lowest BCUT2D eigenvalue weighted by atomic mass is 9.81. The molecular weight excluding hydrogens is 306 g/mol. The van der Waals surface area contributed by atoms with Gasteiger partial charge in [-0.25, -0.2) is 0 Å². The molecule has 2 unspecified atom stereocenters. The van der Waals surface area contributed by atoms with Crippen LogP contribution in [-0.4, -0.2) is 36.2 Å². The number of hydrogen-bond donors (Lipinski definition) is 1. The highest BCUT2D eigenvalue weighted by Gasteiger charge is 2.45. The third-order valence-corrected chi connectivity index (χ3v) is 5.28. The summed E-state index contributed by atoms with van der Waals surface area (Å²) in [4.78, 5) is 2.19. The zero-order chi connectivity index (χ0) is 17.9. The van der Waals surface area contributed by atoms with Gasteiger partial charge in [0.15, 0.2) is 0 Å². The summed E-state index contributed by atoms with van der Waals surface area (Å²) in [5, 5.41) is 11.8. The Morgan fingerprint density at radius 1 is 1.12 bits per heavy atom. The van der Waals surface area contributed by atoms with Gasteiger partial charge in [0.25, 0.3) is 0 Å². The molecule has 0 aromatic heterocycles. The number of aryl methyl sites for hydroxylation is 1. The zero-order valence-corrected chi connectivity index (χ0v) is 15.6. The maximum atomic E-state index is 11.8. The normalized spacial score (nSPS) is 25.0. The van der Waals surface area contributed by atoms with E-state index in [9.17, 15) is 5.11 Å². The molecule has 2 atom stereocenters. The van der Waals surface area contributed by atoms with E-state index in [0.717, 1.165) is 19.4 Å². The van der Waals surface area contributed by atoms with Crippen molar-refractivity contribution >= 4 is 6.08 Å². The third kappa shape index (κ3) is 4.20. The zero-order valence-electron chi connectivity index (χ0n) is 15.6. The van der Waals surface area contributed by atoms with Crippen LogP contribution in [0.1, 0.15) is 29.5 Å². The quantitative estimate of drug-likeness (QED) is 0.879. The summed E-state index contributed by atoms with van der Waals surface area (Å²) in [5.41, 5.74) is 4.04. The fraction of sp³-hybridized carbons (Fsp3) is 0.391. The average Bonchev–Trinajstić information content (AvgIpc) is 2.84. The Balaban J connectivity index is 1.95. The monoisotopic (exact) mass is 335 g/mol. The molecule has 0 saturated heterocycles. The average molecular weight is 335 g/mol. The minimum Gasteiger partial charge on any atom is -0.385 e. The molecule has 1 aliphatic carbocycles. The Morgan fingerprint density at radius 3 is 2.56 bits per heavy atom. The van der Waals surface area contributed by atoms with Gasteiger partial charge < -0.3 is 10.0 Å². The minimum absolute atomic E-state index is 0.262. The van der Waals surface area contributed by atoms with E-state index in [1.54, 1.807) is 0 Å². The van der Waals surface area contributed by atoms with Crippen LogP contribution in [0.15, 0.2) is 60.2 Å². The van der Waals surface area contributed by atoms with Crippen molar-refractivity contribution in [2.75, 3.05) is 20.6 Å². The molecule has 1 fully saturated rings. The van der Waals surface area contributed by atoms with Gasteiger partial charge >= 0.3 is 0 Å². The summed E-state index contributed by atoms with van der Waals surface area (Å²) in [5.74, 6) is 0.262. The molecule has 2 aromatic carbocycles. The van der Waals surface area contributed by atoms with E-state index in [0.29, 0.717) is 6.42 Å². The van der Waals surface area contributed by atoms with E-state index in [1.807, 2.05) is 6.07 Å². The van der Waals surface area contributed by atoms with Crippen LogP contribution in [0, 0.1) is 12.8 Å². The van der Waals surface area contributed by atoms with Gasteiger partial charge in [0.2, 0.25) is 0 Å². The molecule has 3 rings (SSSR count). The van der Waals surface area contributed by atoms with Crippen molar-refractivity contribution in [3.8, 4) is 0 Å². The van der Waals surface area contributed by atoms with Crippen LogP contribution in [0.3, 0.4) is 0 Å². The van der Waals surface area contributed by atoms with Gasteiger partial charge in [0.1, 0.15) is 0 Å². The van der Waals surface area contributed by atoms with E-state index >= 15 is 0 Å². The fourth-order valence-corrected chi connectivity index (χ4v) is 4.07. The first kappa shape index (κ1) is 17.9. The van der Waals surface area contributed by atoms with Gasteiger partial charge in [-0.2, -0.15) is 0 Å². The van der Waals surface area contributed by atoms with Crippen molar-refractivity contribution in [1.82, 2.24) is 4.90 Å². The van der Waals surface area contributed by atoms with Gasteiger partial charge in [-0.05, 0) is 50.6 Å². The number of aliphatic hydroxyl groups is 1. The van der Waals surface area contributed by atoms with Gasteiger partial charge in [-0.3, -0.25) is 0 Å². The molecule has 1 aliphatic rings. The molecule has 25 heavy (non-hydrogen) atoms. The molecule has 0 bridgehead atoms. The topological polar surface area (TPSA) is 23.5 Å². The third-order valence-electron chi connectivity index (χ3n) is 5.28. The van der Waals surface area contributed by atoms with Gasteiger partial charge in [-0.1, -0.05) is 66.2 Å². The second-order valence-corrected chi connectivity index (χ2v) is 7.67. The summed E-state index contributed by atoms with van der Waals surface area (Å²) >= 11 is 0. The first-order valence-electron chi connectivity index (χ1n) is 9.16. The van der Waals surface area contributed by atoms with Crippen molar-refractivity contribution in [1.29, 1.82) is 0 Å². The summed E-state index contributed by atoms with van der Waals surface area (Å²) < 4.78 is 0. The maximum absolute atomic E-state index is 11.8. The van der Waals surface area contributed by atoms with E-state index in [2.05, 4.69) is 80.5 Å². The molecule has 2 nitrogen and oxygen atoms in total. The molecule has 2 heteroatoms. The van der Waals surface area contributed by atoms with Crippen LogP contribution in [-0.2, 0) is 6.42 Å². The van der Waals surface area contributed by atoms with E-state index in [-0.39, 0.29) is 5.92 Å². The fourth-order valence-electron chi connectivity index (χ4n) is 4.07. The van der Waals surface area contributed by atoms with Crippen LogP contribution < -0.4 is 0 Å². The highest BCUT2D eigenvalue weighted by atomic mass is 16.3. The lowest BCUT2D eigenvalue weighted by molar-refractivity contribution is 0.0257. The Kier molecular flexibility index (Phi) is 5.41. The van der Waals surface area contributed by atoms with Crippen LogP contribution in [0.25, 0.3) is 6.08 Å². The Morgan fingerprint density at radius 2 is 1.88 bits per heavy atom. The lowest BCUT2D eigenvalue weighted by Gasteiger charge is -2.34. The molecule has 0 spiro atoms. The Labute approximate surface area is 151 Å².